The second kappa shape index (κ2) is 6.08. The summed E-state index contributed by atoms with van der Waals surface area (Å²) in [5.41, 5.74) is 6.35. The highest BCUT2D eigenvalue weighted by Gasteiger charge is 2.37. The summed E-state index contributed by atoms with van der Waals surface area (Å²) in [4.78, 5) is 2.44. The average Bonchev–Trinajstić information content (AvgIpc) is 3.04. The van der Waals surface area contributed by atoms with Gasteiger partial charge in [-0.05, 0) is 33.0 Å². The van der Waals surface area contributed by atoms with Crippen LogP contribution >= 0.6 is 0 Å². The van der Waals surface area contributed by atoms with Crippen LogP contribution in [0, 0.1) is 0 Å². The second-order valence-corrected chi connectivity index (χ2v) is 7.90. The number of nitrogens with one attached hydrogen (secondary N) is 1. The topological polar surface area (TPSA) is 80.4 Å². The fourth-order valence-electron chi connectivity index (χ4n) is 3.05. The maximum absolute atomic E-state index is 12.5. The van der Waals surface area contributed by atoms with Crippen LogP contribution in [0.3, 0.4) is 0 Å². The zero-order valence-corrected chi connectivity index (χ0v) is 13.9. The molecule has 1 fully saturated rings. The van der Waals surface area contributed by atoms with Gasteiger partial charge in [0.05, 0.1) is 4.90 Å². The predicted octanol–water partition coefficient (Wildman–Crippen LogP) is 0.637. The first-order valence-corrected chi connectivity index (χ1v) is 8.81. The van der Waals surface area contributed by atoms with E-state index in [2.05, 4.69) is 9.62 Å². The van der Waals surface area contributed by atoms with Crippen LogP contribution in [0.15, 0.2) is 17.2 Å². The van der Waals surface area contributed by atoms with Gasteiger partial charge in [0.15, 0.2) is 0 Å². The molecule has 0 atom stereocenters. The van der Waals surface area contributed by atoms with Crippen molar-refractivity contribution >= 4 is 10.0 Å². The Morgan fingerprint density at radius 3 is 2.48 bits per heavy atom. The summed E-state index contributed by atoms with van der Waals surface area (Å²) in [6, 6.07) is 1.64. The number of nitrogens with two attached hydrogens (primary N) is 1. The van der Waals surface area contributed by atoms with Crippen LogP contribution in [-0.4, -0.2) is 44.1 Å². The Morgan fingerprint density at radius 1 is 1.38 bits per heavy atom. The molecule has 0 radical (unpaired) electrons. The molecule has 3 N–H and O–H groups in total. The summed E-state index contributed by atoms with van der Waals surface area (Å²) in [7, 11) is 2.37. The van der Waals surface area contributed by atoms with E-state index >= 15 is 0 Å². The van der Waals surface area contributed by atoms with E-state index in [1.165, 1.54) is 0 Å². The van der Waals surface area contributed by atoms with E-state index in [4.69, 9.17) is 5.73 Å². The van der Waals surface area contributed by atoms with Gasteiger partial charge >= 0.3 is 0 Å². The van der Waals surface area contributed by atoms with E-state index in [1.54, 1.807) is 23.9 Å². The van der Waals surface area contributed by atoms with Crippen molar-refractivity contribution in [1.29, 1.82) is 0 Å². The monoisotopic (exact) mass is 314 g/mol. The van der Waals surface area contributed by atoms with E-state index in [1.807, 2.05) is 14.1 Å². The van der Waals surface area contributed by atoms with Crippen LogP contribution in [0.5, 0.6) is 0 Å². The third-order valence-electron chi connectivity index (χ3n) is 4.68. The van der Waals surface area contributed by atoms with Gasteiger partial charge < -0.3 is 15.2 Å². The van der Waals surface area contributed by atoms with Crippen molar-refractivity contribution in [2.45, 2.75) is 42.7 Å². The standard InChI is InChI=1S/C14H26N4O2S/c1-17(2)14(6-4-5-7-14)11-16-21(19,20)13-8-12(9-15)18(3)10-13/h8,10,16H,4-7,9,11,15H2,1-3H3. The molecule has 0 unspecified atom stereocenters. The highest BCUT2D eigenvalue weighted by molar-refractivity contribution is 7.89. The molecular weight excluding hydrogens is 288 g/mol. The van der Waals surface area contributed by atoms with E-state index in [0.29, 0.717) is 13.1 Å². The Morgan fingerprint density at radius 2 is 2.00 bits per heavy atom. The smallest absolute Gasteiger partial charge is 0.242 e. The molecule has 21 heavy (non-hydrogen) atoms. The predicted molar refractivity (Wildman–Crippen MR) is 83.4 cm³/mol. The molecule has 1 aromatic rings. The van der Waals surface area contributed by atoms with Gasteiger partial charge in [-0.15, -0.1) is 0 Å². The first-order valence-electron chi connectivity index (χ1n) is 7.33. The van der Waals surface area contributed by atoms with Crippen LogP contribution in [0.2, 0.25) is 0 Å². The molecular formula is C14H26N4O2S. The molecule has 1 heterocycles. The molecule has 2 rings (SSSR count). The molecule has 1 aliphatic rings. The summed E-state index contributed by atoms with van der Waals surface area (Å²) in [6.07, 6.45) is 5.99. The molecule has 0 spiro atoms. The SMILES string of the molecule is CN(C)C1(CNS(=O)(=O)c2cc(CN)n(C)c2)CCCC1. The van der Waals surface area contributed by atoms with Gasteiger partial charge in [-0.3, -0.25) is 0 Å². The van der Waals surface area contributed by atoms with Crippen LogP contribution in [0.25, 0.3) is 0 Å². The lowest BCUT2D eigenvalue weighted by atomic mass is 9.97. The first-order chi connectivity index (χ1) is 9.81. The number of hydrogen-bond donors (Lipinski definition) is 2. The summed E-state index contributed by atoms with van der Waals surface area (Å²) < 4.78 is 29.4. The fraction of sp³-hybridized carbons (Fsp3) is 0.714. The lowest BCUT2D eigenvalue weighted by Gasteiger charge is -2.36. The van der Waals surface area contributed by atoms with Gasteiger partial charge in [0.2, 0.25) is 10.0 Å². The van der Waals surface area contributed by atoms with E-state index in [-0.39, 0.29) is 10.4 Å². The van der Waals surface area contributed by atoms with Crippen LogP contribution in [0.4, 0.5) is 0 Å². The molecule has 0 bridgehead atoms. The van der Waals surface area contributed by atoms with Gasteiger partial charge in [0.1, 0.15) is 0 Å². The molecule has 6 nitrogen and oxygen atoms in total. The zero-order valence-electron chi connectivity index (χ0n) is 13.1. The molecule has 0 aromatic carbocycles. The van der Waals surface area contributed by atoms with Crippen molar-refractivity contribution in [1.82, 2.24) is 14.2 Å². The minimum atomic E-state index is -3.48. The van der Waals surface area contributed by atoms with E-state index < -0.39 is 10.0 Å². The third kappa shape index (κ3) is 3.31. The minimum absolute atomic E-state index is 0.0570. The van der Waals surface area contributed by atoms with Crippen LogP contribution in [0.1, 0.15) is 31.4 Å². The normalized spacial score (nSPS) is 18.5. The second-order valence-electron chi connectivity index (χ2n) is 6.13. The molecule has 7 heteroatoms. The first kappa shape index (κ1) is 16.5. The highest BCUT2D eigenvalue weighted by atomic mass is 32.2. The molecule has 0 aliphatic heterocycles. The lowest BCUT2D eigenvalue weighted by Crippen LogP contribution is -2.50. The zero-order chi connectivity index (χ0) is 15.7. The molecule has 120 valence electrons. The van der Waals surface area contributed by atoms with Crippen LogP contribution in [-0.2, 0) is 23.6 Å². The van der Waals surface area contributed by atoms with Crippen molar-refractivity contribution in [3.05, 3.63) is 18.0 Å². The number of sulfonamides is 1. The summed E-state index contributed by atoms with van der Waals surface area (Å²) in [5.74, 6) is 0. The van der Waals surface area contributed by atoms with Crippen molar-refractivity contribution in [2.75, 3.05) is 20.6 Å². The molecule has 1 aromatic heterocycles. The molecule has 1 aliphatic carbocycles. The van der Waals surface area contributed by atoms with Gasteiger partial charge in [-0.2, -0.15) is 0 Å². The Labute approximate surface area is 127 Å². The van der Waals surface area contributed by atoms with Gasteiger partial charge in [0, 0.05) is 37.6 Å². The van der Waals surface area contributed by atoms with Gasteiger partial charge in [0.25, 0.3) is 0 Å². The van der Waals surface area contributed by atoms with Gasteiger partial charge in [-0.25, -0.2) is 13.1 Å². The van der Waals surface area contributed by atoms with E-state index in [0.717, 1.165) is 31.4 Å². The van der Waals surface area contributed by atoms with E-state index in [9.17, 15) is 8.42 Å². The van der Waals surface area contributed by atoms with Crippen molar-refractivity contribution in [3.63, 3.8) is 0 Å². The Bertz CT molecular complexity index is 586. The van der Waals surface area contributed by atoms with Crippen molar-refractivity contribution in [3.8, 4) is 0 Å². The Hall–Kier alpha value is -0.890. The largest absolute Gasteiger partial charge is 0.352 e. The van der Waals surface area contributed by atoms with Crippen LogP contribution < -0.4 is 10.5 Å². The minimum Gasteiger partial charge on any atom is -0.352 e. The van der Waals surface area contributed by atoms with Crippen molar-refractivity contribution in [2.24, 2.45) is 12.8 Å². The lowest BCUT2D eigenvalue weighted by molar-refractivity contribution is 0.162. The fourth-order valence-corrected chi connectivity index (χ4v) is 4.27. The maximum Gasteiger partial charge on any atom is 0.242 e. The Kier molecular flexibility index (Phi) is 4.77. The molecule has 0 amide bonds. The maximum atomic E-state index is 12.5. The number of rotatable bonds is 6. The number of nitrogens with zero attached hydrogens (tertiary/aromatic N) is 2. The van der Waals surface area contributed by atoms with Gasteiger partial charge in [-0.1, -0.05) is 12.8 Å². The third-order valence-corrected chi connectivity index (χ3v) is 6.04. The number of likely N-dealkylation sites (N-methyl/N-ethyl adjacent to an activating group) is 1. The number of aromatic nitrogens is 1. The molecule has 0 saturated heterocycles. The molecule has 1 saturated carbocycles. The summed E-state index contributed by atoms with van der Waals surface area (Å²) in [6.45, 7) is 0.781. The number of aryl methyl sites for hydroxylation is 1. The quantitative estimate of drug-likeness (QED) is 0.807. The summed E-state index contributed by atoms with van der Waals surface area (Å²) >= 11 is 0. The summed E-state index contributed by atoms with van der Waals surface area (Å²) in [5, 5.41) is 0. The average molecular weight is 314 g/mol. The van der Waals surface area contributed by atoms with Crippen molar-refractivity contribution < 1.29 is 8.42 Å². The number of hydrogen-bond acceptors (Lipinski definition) is 4. The highest BCUT2D eigenvalue weighted by Crippen LogP contribution is 2.33. The Balaban J connectivity index is 2.13.